The van der Waals surface area contributed by atoms with Gasteiger partial charge in [0.15, 0.2) is 0 Å². The van der Waals surface area contributed by atoms with Crippen molar-refractivity contribution in [1.29, 1.82) is 0 Å². The third-order valence-corrected chi connectivity index (χ3v) is 5.18. The number of nitrogens with one attached hydrogen (secondary N) is 2. The molecule has 1 saturated heterocycles. The first-order valence-corrected chi connectivity index (χ1v) is 7.54. The maximum absolute atomic E-state index is 11.9. The highest BCUT2D eigenvalue weighted by molar-refractivity contribution is 7.90. The predicted molar refractivity (Wildman–Crippen MR) is 61.8 cm³/mol. The van der Waals surface area contributed by atoms with Gasteiger partial charge in [-0.15, -0.1) is 0 Å². The van der Waals surface area contributed by atoms with E-state index < -0.39 is 10.0 Å². The lowest BCUT2D eigenvalue weighted by Gasteiger charge is -2.24. The van der Waals surface area contributed by atoms with Crippen molar-refractivity contribution >= 4 is 10.0 Å². The van der Waals surface area contributed by atoms with Crippen molar-refractivity contribution in [2.45, 2.75) is 37.0 Å². The van der Waals surface area contributed by atoms with E-state index >= 15 is 0 Å². The Bertz CT molecular complexity index is 306. The first kappa shape index (κ1) is 12.3. The third kappa shape index (κ3) is 3.16. The standard InChI is InChI=1S/C10H20N2O3S/c13-16(14,10-3-1-2-4-10)12-8-9-7-11-5-6-15-9/h9-12H,1-8H2. The molecular formula is C10H20N2O3S. The fourth-order valence-corrected chi connectivity index (χ4v) is 3.88. The van der Waals surface area contributed by atoms with Crippen LogP contribution in [0.1, 0.15) is 25.7 Å². The zero-order valence-corrected chi connectivity index (χ0v) is 10.3. The summed E-state index contributed by atoms with van der Waals surface area (Å²) >= 11 is 0. The van der Waals surface area contributed by atoms with Crippen LogP contribution in [-0.2, 0) is 14.8 Å². The van der Waals surface area contributed by atoms with Crippen LogP contribution in [0.2, 0.25) is 0 Å². The van der Waals surface area contributed by atoms with Crippen molar-refractivity contribution in [1.82, 2.24) is 10.0 Å². The molecule has 2 fully saturated rings. The minimum atomic E-state index is -3.12. The molecular weight excluding hydrogens is 228 g/mol. The van der Waals surface area contributed by atoms with Gasteiger partial charge in [0.05, 0.1) is 18.0 Å². The Hall–Kier alpha value is -0.170. The predicted octanol–water partition coefficient (Wildman–Crippen LogP) is -0.163. The largest absolute Gasteiger partial charge is 0.374 e. The Balaban J connectivity index is 1.79. The van der Waals surface area contributed by atoms with E-state index in [0.29, 0.717) is 13.2 Å². The monoisotopic (exact) mass is 248 g/mol. The van der Waals surface area contributed by atoms with E-state index in [1.54, 1.807) is 0 Å². The van der Waals surface area contributed by atoms with Gasteiger partial charge in [-0.1, -0.05) is 12.8 Å². The van der Waals surface area contributed by atoms with Crippen LogP contribution in [-0.4, -0.2) is 46.0 Å². The number of hydrogen-bond acceptors (Lipinski definition) is 4. The summed E-state index contributed by atoms with van der Waals surface area (Å²) in [7, 11) is -3.12. The highest BCUT2D eigenvalue weighted by atomic mass is 32.2. The van der Waals surface area contributed by atoms with Gasteiger partial charge < -0.3 is 10.1 Å². The van der Waals surface area contributed by atoms with Gasteiger partial charge in [0.2, 0.25) is 10.0 Å². The molecule has 0 aromatic heterocycles. The minimum absolute atomic E-state index is 0.0232. The van der Waals surface area contributed by atoms with Gasteiger partial charge in [0.25, 0.3) is 0 Å². The molecule has 1 aliphatic carbocycles. The second kappa shape index (κ2) is 5.44. The van der Waals surface area contributed by atoms with E-state index in [1.165, 1.54) is 0 Å². The SMILES string of the molecule is O=S(=O)(NCC1CNCCO1)C1CCCC1. The molecule has 0 bridgehead atoms. The Morgan fingerprint density at radius 1 is 1.31 bits per heavy atom. The number of ether oxygens (including phenoxy) is 1. The molecule has 0 amide bonds. The summed E-state index contributed by atoms with van der Waals surface area (Å²) in [6.45, 7) is 2.64. The number of rotatable bonds is 4. The highest BCUT2D eigenvalue weighted by Crippen LogP contribution is 2.23. The van der Waals surface area contributed by atoms with Crippen LogP contribution in [0.5, 0.6) is 0 Å². The van der Waals surface area contributed by atoms with Crippen molar-refractivity contribution in [3.8, 4) is 0 Å². The summed E-state index contributed by atoms with van der Waals surface area (Å²) in [5.41, 5.74) is 0. The molecule has 2 rings (SSSR count). The second-order valence-electron chi connectivity index (χ2n) is 4.50. The van der Waals surface area contributed by atoms with Crippen molar-refractivity contribution < 1.29 is 13.2 Å². The van der Waals surface area contributed by atoms with E-state index in [1.807, 2.05) is 0 Å². The molecule has 1 aliphatic heterocycles. The third-order valence-electron chi connectivity index (χ3n) is 3.26. The fourth-order valence-electron chi connectivity index (χ4n) is 2.28. The molecule has 16 heavy (non-hydrogen) atoms. The Labute approximate surface area is 97.0 Å². The lowest BCUT2D eigenvalue weighted by molar-refractivity contribution is 0.0324. The topological polar surface area (TPSA) is 67.4 Å². The smallest absolute Gasteiger partial charge is 0.214 e. The zero-order chi connectivity index (χ0) is 11.4. The second-order valence-corrected chi connectivity index (χ2v) is 6.54. The van der Waals surface area contributed by atoms with Crippen LogP contribution in [0.4, 0.5) is 0 Å². The first-order chi connectivity index (χ1) is 7.68. The molecule has 0 aromatic rings. The van der Waals surface area contributed by atoms with E-state index in [2.05, 4.69) is 10.0 Å². The Morgan fingerprint density at radius 3 is 2.69 bits per heavy atom. The van der Waals surface area contributed by atoms with Crippen molar-refractivity contribution in [2.75, 3.05) is 26.2 Å². The molecule has 0 aromatic carbocycles. The van der Waals surface area contributed by atoms with Gasteiger partial charge in [0, 0.05) is 19.6 Å². The summed E-state index contributed by atoms with van der Waals surface area (Å²) in [6.07, 6.45) is 3.66. The average Bonchev–Trinajstić information content (AvgIpc) is 2.82. The summed E-state index contributed by atoms with van der Waals surface area (Å²) in [5, 5.41) is 3.00. The molecule has 1 saturated carbocycles. The van der Waals surface area contributed by atoms with E-state index in [-0.39, 0.29) is 11.4 Å². The highest BCUT2D eigenvalue weighted by Gasteiger charge is 2.29. The molecule has 2 N–H and O–H groups in total. The molecule has 1 atom stereocenters. The maximum atomic E-state index is 11.9. The van der Waals surface area contributed by atoms with Crippen molar-refractivity contribution in [3.05, 3.63) is 0 Å². The van der Waals surface area contributed by atoms with Crippen LogP contribution in [0.15, 0.2) is 0 Å². The quantitative estimate of drug-likeness (QED) is 0.725. The molecule has 0 radical (unpaired) electrons. The van der Waals surface area contributed by atoms with Crippen LogP contribution in [0, 0.1) is 0 Å². The van der Waals surface area contributed by atoms with Gasteiger partial charge in [-0.3, -0.25) is 0 Å². The van der Waals surface area contributed by atoms with Gasteiger partial charge in [-0.05, 0) is 12.8 Å². The summed E-state index contributed by atoms with van der Waals surface area (Å²) < 4.78 is 31.9. The van der Waals surface area contributed by atoms with Crippen LogP contribution < -0.4 is 10.0 Å². The lowest BCUT2D eigenvalue weighted by Crippen LogP contribution is -2.46. The van der Waals surface area contributed by atoms with E-state index in [4.69, 9.17) is 4.74 Å². The van der Waals surface area contributed by atoms with Gasteiger partial charge in [-0.2, -0.15) is 0 Å². The number of sulfonamides is 1. The normalized spacial score (nSPS) is 28.4. The van der Waals surface area contributed by atoms with Crippen LogP contribution >= 0.6 is 0 Å². The number of morpholine rings is 1. The molecule has 5 nitrogen and oxygen atoms in total. The fraction of sp³-hybridized carbons (Fsp3) is 1.00. The summed E-state index contributed by atoms with van der Waals surface area (Å²) in [6, 6.07) is 0. The zero-order valence-electron chi connectivity index (χ0n) is 9.44. The van der Waals surface area contributed by atoms with E-state index in [9.17, 15) is 8.42 Å². The molecule has 2 aliphatic rings. The molecule has 0 spiro atoms. The lowest BCUT2D eigenvalue weighted by atomic mass is 10.3. The molecule has 94 valence electrons. The minimum Gasteiger partial charge on any atom is -0.374 e. The number of hydrogen-bond donors (Lipinski definition) is 2. The molecule has 6 heteroatoms. The summed E-state index contributed by atoms with van der Waals surface area (Å²) in [4.78, 5) is 0. The van der Waals surface area contributed by atoms with Crippen LogP contribution in [0.3, 0.4) is 0 Å². The molecule has 1 heterocycles. The Kier molecular flexibility index (Phi) is 4.18. The Morgan fingerprint density at radius 2 is 2.06 bits per heavy atom. The van der Waals surface area contributed by atoms with Gasteiger partial charge in [0.1, 0.15) is 0 Å². The average molecular weight is 248 g/mol. The van der Waals surface area contributed by atoms with Crippen molar-refractivity contribution in [2.24, 2.45) is 0 Å². The maximum Gasteiger partial charge on any atom is 0.214 e. The first-order valence-electron chi connectivity index (χ1n) is 5.99. The van der Waals surface area contributed by atoms with Gasteiger partial charge in [-0.25, -0.2) is 13.1 Å². The van der Waals surface area contributed by atoms with Crippen molar-refractivity contribution in [3.63, 3.8) is 0 Å². The summed E-state index contributed by atoms with van der Waals surface area (Å²) in [5.74, 6) is 0. The molecule has 1 unspecified atom stereocenters. The van der Waals surface area contributed by atoms with E-state index in [0.717, 1.165) is 38.8 Å². The van der Waals surface area contributed by atoms with Crippen LogP contribution in [0.25, 0.3) is 0 Å². The van der Waals surface area contributed by atoms with Gasteiger partial charge >= 0.3 is 0 Å².